The van der Waals surface area contributed by atoms with Gasteiger partial charge in [0.2, 0.25) is 8.32 Å². The molecule has 3 rings (SSSR count). The molecule has 0 spiro atoms. The quantitative estimate of drug-likeness (QED) is 0.204. The van der Waals surface area contributed by atoms with Gasteiger partial charge in [0.05, 0.1) is 12.7 Å². The molecule has 0 N–H and O–H groups in total. The van der Waals surface area contributed by atoms with Crippen molar-refractivity contribution >= 4 is 22.4 Å². The molecular weight excluding hydrogens is 545 g/mol. The molecule has 0 saturated carbocycles. The Morgan fingerprint density at radius 1 is 0.878 bits per heavy atom. The predicted molar refractivity (Wildman–Crippen MR) is 175 cm³/mol. The lowest BCUT2D eigenvalue weighted by Gasteiger charge is -2.51. The topological polar surface area (TPSA) is 54.0 Å². The number of carbonyl (C=O) groups excluding carboxylic acids is 1. The Morgan fingerprint density at radius 3 is 1.83 bits per heavy atom. The first kappa shape index (κ1) is 34.9. The number of rotatable bonds is 8. The fourth-order valence-electron chi connectivity index (χ4n) is 7.89. The fraction of sp³-hybridized carbons (Fsp3) is 0.853. The van der Waals surface area contributed by atoms with Crippen molar-refractivity contribution in [3.05, 3.63) is 22.3 Å². The van der Waals surface area contributed by atoms with Crippen LogP contribution in [-0.2, 0) is 23.1 Å². The Labute approximate surface area is 254 Å². The molecule has 0 aromatic carbocycles. The Kier molecular flexibility index (Phi) is 9.71. The largest absolute Gasteiger partial charge is 0.412 e. The molecule has 1 heterocycles. The van der Waals surface area contributed by atoms with Crippen LogP contribution in [0.2, 0.25) is 34.8 Å². The van der Waals surface area contributed by atoms with Crippen LogP contribution in [0.5, 0.6) is 0 Å². The van der Waals surface area contributed by atoms with Crippen LogP contribution in [-0.4, -0.2) is 53.1 Å². The molecule has 0 unspecified atom stereocenters. The van der Waals surface area contributed by atoms with Crippen molar-refractivity contribution in [2.24, 2.45) is 11.3 Å². The first-order valence-electron chi connectivity index (χ1n) is 16.0. The Balaban J connectivity index is 2.22. The first-order valence-corrected chi connectivity index (χ1v) is 21.1. The second-order valence-electron chi connectivity index (χ2n) is 16.6. The van der Waals surface area contributed by atoms with E-state index in [0.29, 0.717) is 29.7 Å². The van der Waals surface area contributed by atoms with Crippen LogP contribution in [0.15, 0.2) is 22.3 Å². The maximum Gasteiger partial charge on any atom is 0.201 e. The highest BCUT2D eigenvalue weighted by molar-refractivity contribution is 6.77. The summed E-state index contributed by atoms with van der Waals surface area (Å²) in [7, 11) is -4.29. The third-order valence-electron chi connectivity index (χ3n) is 11.3. The summed E-state index contributed by atoms with van der Waals surface area (Å²) in [5, 5.41) is 0.0538. The number of ketones is 1. The molecule has 1 aliphatic heterocycles. The van der Waals surface area contributed by atoms with Gasteiger partial charge in [-0.05, 0) is 91.0 Å². The molecular formula is C34H62O5Si2. The van der Waals surface area contributed by atoms with Crippen molar-refractivity contribution in [3.63, 3.8) is 0 Å². The van der Waals surface area contributed by atoms with Crippen LogP contribution in [0, 0.1) is 11.3 Å². The van der Waals surface area contributed by atoms with E-state index in [-0.39, 0.29) is 35.1 Å². The van der Waals surface area contributed by atoms with Crippen LogP contribution in [0.4, 0.5) is 0 Å². The van der Waals surface area contributed by atoms with Crippen molar-refractivity contribution in [1.82, 2.24) is 0 Å². The molecule has 41 heavy (non-hydrogen) atoms. The van der Waals surface area contributed by atoms with Crippen LogP contribution in [0.3, 0.4) is 0 Å². The molecule has 0 amide bonds. The van der Waals surface area contributed by atoms with Crippen LogP contribution < -0.4 is 0 Å². The van der Waals surface area contributed by atoms with Gasteiger partial charge < -0.3 is 18.3 Å². The van der Waals surface area contributed by atoms with Gasteiger partial charge in [0.25, 0.3) is 0 Å². The average molecular weight is 607 g/mol. The first-order chi connectivity index (χ1) is 18.4. The molecule has 7 heteroatoms. The molecule has 2 aliphatic carbocycles. The Hall–Kier alpha value is -0.576. The van der Waals surface area contributed by atoms with Crippen molar-refractivity contribution in [2.75, 3.05) is 6.61 Å². The molecule has 2 bridgehead atoms. The fourth-order valence-corrected chi connectivity index (χ4v) is 14.4. The van der Waals surface area contributed by atoms with Gasteiger partial charge in [0.15, 0.2) is 19.9 Å². The van der Waals surface area contributed by atoms with Crippen LogP contribution in [0.1, 0.15) is 110 Å². The summed E-state index contributed by atoms with van der Waals surface area (Å²) in [6.45, 7) is 38.3. The molecule has 0 aromatic rings. The maximum atomic E-state index is 14.8. The molecule has 0 aromatic heterocycles. The van der Waals surface area contributed by atoms with Gasteiger partial charge in [-0.15, -0.1) is 0 Å². The van der Waals surface area contributed by atoms with E-state index in [4.69, 9.17) is 18.3 Å². The summed E-state index contributed by atoms with van der Waals surface area (Å²) in [5.41, 5.74) is 5.17. The van der Waals surface area contributed by atoms with Crippen molar-refractivity contribution in [2.45, 2.75) is 169 Å². The van der Waals surface area contributed by atoms with Gasteiger partial charge in [-0.2, -0.15) is 0 Å². The van der Waals surface area contributed by atoms with E-state index in [1.165, 1.54) is 11.1 Å². The van der Waals surface area contributed by atoms with E-state index in [1.807, 2.05) is 13.8 Å². The normalized spacial score (nSPS) is 30.8. The lowest BCUT2D eigenvalue weighted by Crippen LogP contribution is -2.55. The minimum Gasteiger partial charge on any atom is -0.412 e. The van der Waals surface area contributed by atoms with Gasteiger partial charge in [-0.3, -0.25) is 4.79 Å². The molecule has 1 saturated heterocycles. The zero-order valence-corrected chi connectivity index (χ0v) is 31.5. The summed E-state index contributed by atoms with van der Waals surface area (Å²) in [4.78, 5) is 14.8. The minimum absolute atomic E-state index is 0.0538. The smallest absolute Gasteiger partial charge is 0.201 e. The van der Waals surface area contributed by atoms with E-state index in [0.717, 1.165) is 11.1 Å². The van der Waals surface area contributed by atoms with Crippen molar-refractivity contribution in [3.8, 4) is 0 Å². The average Bonchev–Trinajstić information content (AvgIpc) is 3.10. The molecule has 0 radical (unpaired) electrons. The van der Waals surface area contributed by atoms with Gasteiger partial charge in [0.1, 0.15) is 12.2 Å². The van der Waals surface area contributed by atoms with E-state index in [9.17, 15) is 4.79 Å². The van der Waals surface area contributed by atoms with Crippen molar-refractivity contribution in [1.29, 1.82) is 0 Å². The van der Waals surface area contributed by atoms with Crippen LogP contribution in [0.25, 0.3) is 0 Å². The van der Waals surface area contributed by atoms with Gasteiger partial charge in [0, 0.05) is 11.5 Å². The highest BCUT2D eigenvalue weighted by atomic mass is 28.4. The number of hydrogen-bond donors (Lipinski definition) is 0. The number of ether oxygens (including phenoxy) is 2. The SMILES string of the molecule is CC1=C2[C@@H]3OC(C)(C)O[C@H]3/C(C)=C(/CO[Si](C)(C)C(C)(C)C)C(=O)[C@H](C[C@@H]1O[Si](C(C)C)(C(C)C)C(C)C)C2(C)C. The summed E-state index contributed by atoms with van der Waals surface area (Å²) in [5.74, 6) is -0.776. The summed E-state index contributed by atoms with van der Waals surface area (Å²) < 4.78 is 27.6. The molecule has 4 atom stereocenters. The Bertz CT molecular complexity index is 1050. The number of carbonyl (C=O) groups is 1. The highest BCUT2D eigenvalue weighted by Crippen LogP contribution is 2.55. The second-order valence-corrected chi connectivity index (χ2v) is 26.8. The lowest BCUT2D eigenvalue weighted by atomic mass is 9.59. The second kappa shape index (κ2) is 11.4. The zero-order chi connectivity index (χ0) is 31.7. The number of hydrogen-bond acceptors (Lipinski definition) is 5. The van der Waals surface area contributed by atoms with Crippen LogP contribution >= 0.6 is 0 Å². The summed E-state index contributed by atoms with van der Waals surface area (Å²) in [6.07, 6.45) is -0.0170. The van der Waals surface area contributed by atoms with Gasteiger partial charge in [-0.25, -0.2) is 0 Å². The lowest BCUT2D eigenvalue weighted by molar-refractivity contribution is -0.142. The molecule has 1 fully saturated rings. The summed E-state index contributed by atoms with van der Waals surface area (Å²) >= 11 is 0. The van der Waals surface area contributed by atoms with E-state index >= 15 is 0 Å². The van der Waals surface area contributed by atoms with E-state index in [2.05, 4.69) is 103 Å². The third-order valence-corrected chi connectivity index (χ3v) is 21.8. The standard InChI is InChI=1S/C34H62O5Si2/c1-20(2)41(21(3)4,22(5)6)39-27-18-26-29(35)25(19-36-40(16,17)32(9,10)11)23(7)30-31(38-34(14,15)37-30)28(24(27)8)33(26,12)13/h20-22,26-27,30-31H,18-19H2,1-17H3/b25-23-/t26-,27-,30-,31-/m0/s1. The maximum absolute atomic E-state index is 14.8. The number of fused-ring (bicyclic) bond motifs is 4. The predicted octanol–water partition coefficient (Wildman–Crippen LogP) is 9.35. The number of Topliss-reactive ketones (excluding diaryl/α,β-unsaturated/α-hetero) is 1. The van der Waals surface area contributed by atoms with Crippen molar-refractivity contribution < 1.29 is 23.1 Å². The summed E-state index contributed by atoms with van der Waals surface area (Å²) in [6, 6.07) is 0. The van der Waals surface area contributed by atoms with E-state index in [1.54, 1.807) is 0 Å². The van der Waals surface area contributed by atoms with Gasteiger partial charge >= 0.3 is 0 Å². The minimum atomic E-state index is -2.20. The highest BCUT2D eigenvalue weighted by Gasteiger charge is 2.57. The molecule has 3 aliphatic rings. The zero-order valence-electron chi connectivity index (χ0n) is 29.5. The van der Waals surface area contributed by atoms with Gasteiger partial charge in [-0.1, -0.05) is 76.2 Å². The molecule has 236 valence electrons. The monoisotopic (exact) mass is 606 g/mol. The third kappa shape index (κ3) is 6.06. The van der Waals surface area contributed by atoms with E-state index < -0.39 is 27.8 Å². The Morgan fingerprint density at radius 2 is 1.37 bits per heavy atom. The molecule has 5 nitrogen and oxygen atoms in total.